The molecule has 0 bridgehead atoms. The van der Waals surface area contributed by atoms with Gasteiger partial charge >= 0.3 is 12.2 Å². The maximum absolute atomic E-state index is 13.1. The van der Waals surface area contributed by atoms with Gasteiger partial charge in [-0.1, -0.05) is 86.6 Å². The fourth-order valence-corrected chi connectivity index (χ4v) is 12.2. The molecule has 0 aliphatic carbocycles. The molecule has 9 rings (SSSR count). The number of aryl methyl sites for hydroxylation is 1. The summed E-state index contributed by atoms with van der Waals surface area (Å²) in [4.78, 5) is 183. The van der Waals surface area contributed by atoms with Crippen molar-refractivity contribution in [3.05, 3.63) is 93.5 Å². The van der Waals surface area contributed by atoms with Crippen LogP contribution in [0.3, 0.4) is 0 Å². The van der Waals surface area contributed by atoms with E-state index in [1.54, 1.807) is 69.3 Å². The monoisotopic (exact) mass is 1610 g/mol. The van der Waals surface area contributed by atoms with Crippen LogP contribution in [-0.4, -0.2) is 178 Å². The molecule has 4 atom stereocenters. The largest absolute Gasteiger partial charge is 0.444 e. The molecule has 14 amide bonds. The molecule has 612 valence electrons. The Morgan fingerprint density at radius 1 is 0.473 bits per heavy atom. The number of nitrogens with zero attached hydrogens (tertiary/aromatic N) is 3. The van der Waals surface area contributed by atoms with Crippen molar-refractivity contribution in [1.82, 2.24) is 41.3 Å². The highest BCUT2D eigenvalue weighted by Gasteiger charge is 2.48. The van der Waals surface area contributed by atoms with Crippen molar-refractivity contribution in [2.45, 2.75) is 219 Å². The lowest BCUT2D eigenvalue weighted by Gasteiger charge is -2.27. The first-order valence-electron chi connectivity index (χ1n) is 36.0. The van der Waals surface area contributed by atoms with Gasteiger partial charge in [-0.2, -0.15) is 5.96 Å². The third kappa shape index (κ3) is 30.7. The summed E-state index contributed by atoms with van der Waals surface area (Å²) in [5, 5.41) is 23.9. The Labute approximate surface area is 652 Å². The standard InChI is InChI=1S/C26H36N4O6.C21H28N4O4.C18H21N3O4.C8H15NO3.2ClH.FH2N.FHO.FH2P/c1-26(2,3)36-25(35)28-16-9-7-5-4-6-8-15-27-18-12-10-11-17-21(18)24(34)30(23(17)33)19-13-14-20(31)29-22(19)32;22-12-5-3-1-2-4-6-13-23-15-9-7-8-14-18(15)21(29)25(20(14)28)16-10-11-17(26)24-19(16)27;19-10-3-1-2-5-11-6-4-7-12-15(11)18(25)21(17(12)24)13-8-9-14(22)20-16(13)23;1-8(2,3)12-7(11)9-5-4-6-10;;;3*1-2/h10-12,19,27H,4-9,13-16H2,1-3H3,(H,28,35)(H,29,31,32);7-9,16,23H,1-6,10-13,22H2,(H,24,26,27);4,6-7,13H,1-3,5,8-10,19H2,(H,20,22,23);6H,4-5H2,1-3H3,(H,9,11);2*1H;2H2;2H;2H2. The van der Waals surface area contributed by atoms with Gasteiger partial charge in [-0.3, -0.25) is 88.2 Å². The number of anilines is 2. The Balaban J connectivity index is 0.000000745. The summed E-state index contributed by atoms with van der Waals surface area (Å²) < 4.78 is 37.0. The molecular formula is C73H107Cl2F3N13O18P. The molecule has 31 nitrogen and oxygen atoms in total. The second-order valence-corrected chi connectivity index (χ2v) is 27.4. The van der Waals surface area contributed by atoms with Gasteiger partial charge < -0.3 is 47.0 Å². The Morgan fingerprint density at radius 3 is 1.13 bits per heavy atom. The lowest BCUT2D eigenvalue weighted by Crippen LogP contribution is -2.54. The predicted molar refractivity (Wildman–Crippen MR) is 410 cm³/mol. The Hall–Kier alpha value is -9.05. The van der Waals surface area contributed by atoms with Gasteiger partial charge in [0.15, 0.2) is 0 Å². The number of imide groups is 6. The van der Waals surface area contributed by atoms with Crippen LogP contribution in [0.4, 0.5) is 34.2 Å². The Morgan fingerprint density at radius 2 is 0.782 bits per heavy atom. The number of alkyl carbamates (subject to hydrolysis) is 2. The maximum Gasteiger partial charge on any atom is 0.407 e. The molecule has 3 fully saturated rings. The SMILES string of the molecule is CC(C)(C)OC(=O)NCCC=O.CC(C)(C)OC(=O)NCCCCCCCCNc1cccc2c1C(=O)N(C1CCC(=O)NC1=O)C2=O.Cl.Cl.FP.NCCCCCCCCNc1cccc2c1C(=O)N(C1CCC(=O)NC1=O)C2=O.NCCCCCc1cccc2c1C(=O)N(C1CCC(=O)NC1=O)C2=O.NF.OF. The van der Waals surface area contributed by atoms with E-state index in [0.717, 1.165) is 133 Å². The number of hydrogen-bond acceptors (Lipinski definition) is 23. The topological polar surface area (TPSA) is 467 Å². The molecule has 110 heavy (non-hydrogen) atoms. The van der Waals surface area contributed by atoms with Crippen LogP contribution < -0.4 is 54.6 Å². The zero-order valence-electron chi connectivity index (χ0n) is 63.0. The first kappa shape index (κ1) is 99.0. The van der Waals surface area contributed by atoms with Gasteiger partial charge in [0.05, 0.1) is 42.9 Å². The lowest BCUT2D eigenvalue weighted by molar-refractivity contribution is -0.137. The minimum absolute atomic E-state index is 0. The van der Waals surface area contributed by atoms with Crippen LogP contribution in [0.15, 0.2) is 54.6 Å². The molecule has 6 aliphatic rings. The number of ether oxygens (including phenoxy) is 2. The van der Waals surface area contributed by atoms with Gasteiger partial charge in [-0.15, -0.1) is 29.3 Å². The molecular weight excluding hydrogens is 1510 g/mol. The third-order valence-corrected chi connectivity index (χ3v) is 17.1. The number of unbranched alkanes of at least 4 members (excludes halogenated alkanes) is 12. The maximum atomic E-state index is 13.1. The van der Waals surface area contributed by atoms with E-state index in [2.05, 4.69) is 43.2 Å². The van der Waals surface area contributed by atoms with Gasteiger partial charge in [0.1, 0.15) is 35.6 Å². The van der Waals surface area contributed by atoms with E-state index in [0.29, 0.717) is 79.2 Å². The van der Waals surface area contributed by atoms with Crippen molar-refractivity contribution in [2.24, 2.45) is 17.4 Å². The Kier molecular flexibility index (Phi) is 46.3. The molecule has 0 saturated carbocycles. The van der Waals surface area contributed by atoms with Gasteiger partial charge in [0, 0.05) is 63.2 Å². The molecule has 3 aromatic carbocycles. The number of carbonyl (C=O) groups excluding carboxylic acids is 15. The zero-order valence-corrected chi connectivity index (χ0v) is 65.8. The van der Waals surface area contributed by atoms with E-state index in [4.69, 9.17) is 35.3 Å². The van der Waals surface area contributed by atoms with Gasteiger partial charge in [-0.25, -0.2) is 19.1 Å². The molecule has 3 aromatic rings. The first-order valence-corrected chi connectivity index (χ1v) is 36.4. The number of amides is 14. The highest BCUT2D eigenvalue weighted by atomic mass is 35.5. The predicted octanol–water partition coefficient (Wildman–Crippen LogP) is 8.31. The highest BCUT2D eigenvalue weighted by molar-refractivity contribution is 7.09. The fraction of sp³-hybridized carbons (Fsp3) is 0.548. The number of benzene rings is 3. The summed E-state index contributed by atoms with van der Waals surface area (Å²) in [6.07, 6.45) is 17.0. The minimum Gasteiger partial charge on any atom is -0.444 e. The minimum atomic E-state index is -0.970. The summed E-state index contributed by atoms with van der Waals surface area (Å²) in [5.74, 6) is -2.83. The second kappa shape index (κ2) is 51.4. The van der Waals surface area contributed by atoms with Crippen LogP contribution in [0.5, 0.6) is 0 Å². The van der Waals surface area contributed by atoms with Crippen LogP contribution in [0.25, 0.3) is 0 Å². The number of aldehydes is 1. The molecule has 3 saturated heterocycles. The molecule has 0 radical (unpaired) electrons. The number of fused-ring (bicyclic) bond motifs is 3. The number of halogens is 5. The number of piperidine rings is 3. The van der Waals surface area contributed by atoms with Crippen molar-refractivity contribution in [1.29, 1.82) is 0 Å². The highest BCUT2D eigenvalue weighted by Crippen LogP contribution is 2.35. The van der Waals surface area contributed by atoms with E-state index >= 15 is 0 Å². The summed E-state index contributed by atoms with van der Waals surface area (Å²) in [7, 11) is 0.917. The molecule has 14 N–H and O–H groups in total. The normalized spacial score (nSPS) is 16.6. The van der Waals surface area contributed by atoms with E-state index in [9.17, 15) is 76.1 Å². The number of hydrogen-bond donors (Lipinski definition) is 11. The summed E-state index contributed by atoms with van der Waals surface area (Å²) in [5.41, 5.74) is 13.9. The summed E-state index contributed by atoms with van der Waals surface area (Å²) >= 11 is 0. The second-order valence-electron chi connectivity index (χ2n) is 27.4. The van der Waals surface area contributed by atoms with Crippen LogP contribution >= 0.6 is 34.4 Å². The number of carbonyl (C=O) groups is 15. The van der Waals surface area contributed by atoms with Crippen molar-refractivity contribution in [3.8, 4) is 0 Å². The van der Waals surface area contributed by atoms with E-state index < -0.39 is 94.5 Å². The Bertz CT molecular complexity index is 3630. The van der Waals surface area contributed by atoms with Crippen LogP contribution in [0.1, 0.15) is 251 Å². The lowest BCUT2D eigenvalue weighted by atomic mass is 9.98. The number of rotatable bonds is 30. The molecule has 37 heteroatoms. The fourth-order valence-electron chi connectivity index (χ4n) is 12.2. The molecule has 0 aromatic heterocycles. The van der Waals surface area contributed by atoms with Crippen molar-refractivity contribution >= 4 is 135 Å². The van der Waals surface area contributed by atoms with Gasteiger partial charge in [-0.05, 0) is 155 Å². The zero-order chi connectivity index (χ0) is 80.7. The van der Waals surface area contributed by atoms with E-state index in [1.807, 2.05) is 26.8 Å². The van der Waals surface area contributed by atoms with Gasteiger partial charge in [0.2, 0.25) is 35.4 Å². The number of nitrogens with two attached hydrogens (primary N) is 3. The van der Waals surface area contributed by atoms with Crippen LogP contribution in [0.2, 0.25) is 0 Å². The number of nitrogens with one attached hydrogen (secondary N) is 7. The summed E-state index contributed by atoms with van der Waals surface area (Å²) in [6, 6.07) is 12.6. The van der Waals surface area contributed by atoms with Crippen molar-refractivity contribution in [3.63, 3.8) is 0 Å². The quantitative estimate of drug-likeness (QED) is 0.00982. The summed E-state index contributed by atoms with van der Waals surface area (Å²) in [6.45, 7) is 14.5. The van der Waals surface area contributed by atoms with Crippen LogP contribution in [-0.2, 0) is 49.5 Å². The molecule has 0 spiro atoms. The van der Waals surface area contributed by atoms with Crippen LogP contribution in [0, 0.1) is 0 Å². The van der Waals surface area contributed by atoms with Crippen molar-refractivity contribution < 1.29 is 99.9 Å². The smallest absolute Gasteiger partial charge is 0.407 e. The van der Waals surface area contributed by atoms with E-state index in [1.165, 1.54) is 6.42 Å². The molecule has 6 aliphatic heterocycles. The third-order valence-electron chi connectivity index (χ3n) is 17.1. The molecule has 6 heterocycles. The van der Waals surface area contributed by atoms with Crippen molar-refractivity contribution in [2.75, 3.05) is 49.9 Å². The average molecular weight is 1610 g/mol. The van der Waals surface area contributed by atoms with E-state index in [-0.39, 0.29) is 92.4 Å². The molecule has 4 unspecified atom stereocenters. The van der Waals surface area contributed by atoms with Gasteiger partial charge in [0.25, 0.3) is 35.4 Å². The first-order chi connectivity index (χ1) is 51.6. The average Bonchev–Trinajstić information content (AvgIpc) is 1.62.